The van der Waals surface area contributed by atoms with Gasteiger partial charge in [-0.1, -0.05) is 43.7 Å². The molecule has 0 spiro atoms. The average Bonchev–Trinajstić information content (AvgIpc) is 2.49. The second-order valence-corrected chi connectivity index (χ2v) is 7.29. The fourth-order valence-electron chi connectivity index (χ4n) is 2.26. The van der Waals surface area contributed by atoms with Crippen molar-refractivity contribution in [2.45, 2.75) is 39.7 Å². The van der Waals surface area contributed by atoms with Crippen LogP contribution in [0.2, 0.25) is 0 Å². The van der Waals surface area contributed by atoms with E-state index in [1.807, 2.05) is 44.2 Å². The normalized spacial score (nSPS) is 12.9. The first-order valence-electron chi connectivity index (χ1n) is 7.67. The maximum Gasteiger partial charge on any atom is 0.219 e. The number of carbonyl (C=O) groups excluding carboxylic acids is 1. The molecule has 0 aliphatic rings. The lowest BCUT2D eigenvalue weighted by Gasteiger charge is -2.28. The topological polar surface area (TPSA) is 66.5 Å². The highest BCUT2D eigenvalue weighted by atomic mass is 32.2. The highest BCUT2D eigenvalue weighted by molar-refractivity contribution is 7.89. The molecule has 0 aliphatic heterocycles. The number of nitrogens with one attached hydrogen (secondary N) is 1. The third-order valence-corrected chi connectivity index (χ3v) is 5.07. The molecule has 6 heteroatoms. The smallest absolute Gasteiger partial charge is 0.219 e. The van der Waals surface area contributed by atoms with Gasteiger partial charge in [0.15, 0.2) is 0 Å². The fourth-order valence-corrected chi connectivity index (χ4v) is 3.48. The maximum absolute atomic E-state index is 11.8. The Morgan fingerprint density at radius 3 is 2.45 bits per heavy atom. The maximum atomic E-state index is 11.8. The molecule has 22 heavy (non-hydrogen) atoms. The van der Waals surface area contributed by atoms with E-state index in [4.69, 9.17) is 0 Å². The highest BCUT2D eigenvalue weighted by Gasteiger charge is 2.18. The largest absolute Gasteiger partial charge is 0.335 e. The van der Waals surface area contributed by atoms with Crippen LogP contribution in [0, 0.1) is 0 Å². The van der Waals surface area contributed by atoms with Crippen molar-refractivity contribution in [2.24, 2.45) is 0 Å². The van der Waals surface area contributed by atoms with Crippen LogP contribution in [-0.2, 0) is 14.8 Å². The van der Waals surface area contributed by atoms with Crippen molar-refractivity contribution in [1.82, 2.24) is 9.62 Å². The molecule has 1 atom stereocenters. The molecule has 1 amide bonds. The number of hydrogen-bond donors (Lipinski definition) is 1. The number of sulfonamides is 1. The number of nitrogens with zero attached hydrogens (tertiary/aromatic N) is 1. The summed E-state index contributed by atoms with van der Waals surface area (Å²) in [6.45, 7) is 6.00. The second-order valence-electron chi connectivity index (χ2n) is 5.37. The van der Waals surface area contributed by atoms with Crippen LogP contribution in [0.4, 0.5) is 0 Å². The number of benzene rings is 1. The number of rotatable bonds is 9. The van der Waals surface area contributed by atoms with Gasteiger partial charge in [-0.25, -0.2) is 13.1 Å². The SMILES string of the molecule is CCCCS(=O)(=O)NCCN(C(C)=O)C(C)c1ccccc1. The molecular formula is C16H26N2O3S. The molecule has 0 aromatic heterocycles. The molecule has 0 bridgehead atoms. The van der Waals surface area contributed by atoms with Gasteiger partial charge < -0.3 is 4.90 Å². The van der Waals surface area contributed by atoms with E-state index in [2.05, 4.69) is 4.72 Å². The zero-order chi connectivity index (χ0) is 16.6. The summed E-state index contributed by atoms with van der Waals surface area (Å²) in [7, 11) is -3.24. The summed E-state index contributed by atoms with van der Waals surface area (Å²) >= 11 is 0. The number of carbonyl (C=O) groups is 1. The first-order valence-corrected chi connectivity index (χ1v) is 9.32. The summed E-state index contributed by atoms with van der Waals surface area (Å²) < 4.78 is 26.1. The lowest BCUT2D eigenvalue weighted by Crippen LogP contribution is -2.39. The van der Waals surface area contributed by atoms with Crippen LogP contribution < -0.4 is 4.72 Å². The fraction of sp³-hybridized carbons (Fsp3) is 0.562. The first-order chi connectivity index (χ1) is 10.4. The van der Waals surface area contributed by atoms with Crippen LogP contribution in [0.25, 0.3) is 0 Å². The summed E-state index contributed by atoms with van der Waals surface area (Å²) in [5, 5.41) is 0. The number of hydrogen-bond acceptors (Lipinski definition) is 3. The predicted molar refractivity (Wildman–Crippen MR) is 88.9 cm³/mol. The molecule has 5 nitrogen and oxygen atoms in total. The zero-order valence-electron chi connectivity index (χ0n) is 13.6. The Labute approximate surface area is 133 Å². The minimum atomic E-state index is -3.24. The zero-order valence-corrected chi connectivity index (χ0v) is 14.4. The summed E-state index contributed by atoms with van der Waals surface area (Å²) in [6.07, 6.45) is 1.48. The van der Waals surface area contributed by atoms with Crippen molar-refractivity contribution in [2.75, 3.05) is 18.8 Å². The molecule has 1 N–H and O–H groups in total. The Bertz CT molecular complexity index is 558. The number of amides is 1. The molecule has 0 radical (unpaired) electrons. The minimum Gasteiger partial charge on any atom is -0.335 e. The van der Waals surface area contributed by atoms with E-state index in [1.54, 1.807) is 4.90 Å². The van der Waals surface area contributed by atoms with E-state index in [0.29, 0.717) is 13.0 Å². The molecule has 1 unspecified atom stereocenters. The molecule has 0 heterocycles. The molecule has 1 aromatic carbocycles. The van der Waals surface area contributed by atoms with Crippen molar-refractivity contribution in [1.29, 1.82) is 0 Å². The standard InChI is InChI=1S/C16H26N2O3S/c1-4-5-13-22(20,21)17-11-12-18(15(3)19)14(2)16-9-7-6-8-10-16/h6-10,14,17H,4-5,11-13H2,1-3H3. The van der Waals surface area contributed by atoms with Crippen LogP contribution in [0.5, 0.6) is 0 Å². The van der Waals surface area contributed by atoms with Gasteiger partial charge >= 0.3 is 0 Å². The quantitative estimate of drug-likeness (QED) is 0.757. The van der Waals surface area contributed by atoms with E-state index in [0.717, 1.165) is 12.0 Å². The average molecular weight is 326 g/mol. The van der Waals surface area contributed by atoms with E-state index in [9.17, 15) is 13.2 Å². The summed E-state index contributed by atoms with van der Waals surface area (Å²) in [6, 6.07) is 9.63. The molecule has 0 saturated carbocycles. The Morgan fingerprint density at radius 1 is 1.27 bits per heavy atom. The van der Waals surface area contributed by atoms with E-state index < -0.39 is 10.0 Å². The van der Waals surface area contributed by atoms with Crippen LogP contribution in [0.15, 0.2) is 30.3 Å². The van der Waals surface area contributed by atoms with Crippen molar-refractivity contribution in [3.63, 3.8) is 0 Å². The first kappa shape index (κ1) is 18.6. The third-order valence-electron chi connectivity index (χ3n) is 3.60. The summed E-state index contributed by atoms with van der Waals surface area (Å²) in [4.78, 5) is 13.5. The Balaban J connectivity index is 2.61. The van der Waals surface area contributed by atoms with Gasteiger partial charge in [0.1, 0.15) is 0 Å². The highest BCUT2D eigenvalue weighted by Crippen LogP contribution is 2.19. The van der Waals surface area contributed by atoms with Gasteiger partial charge in [-0.2, -0.15) is 0 Å². The van der Waals surface area contributed by atoms with Gasteiger partial charge in [0.25, 0.3) is 0 Å². The molecule has 0 aliphatic carbocycles. The molecule has 0 saturated heterocycles. The lowest BCUT2D eigenvalue weighted by molar-refractivity contribution is -0.130. The molecule has 124 valence electrons. The summed E-state index contributed by atoms with van der Waals surface area (Å²) in [5.74, 6) is 0.0711. The molecule has 1 rings (SSSR count). The van der Waals surface area contributed by atoms with E-state index >= 15 is 0 Å². The van der Waals surface area contributed by atoms with Crippen molar-refractivity contribution in [3.8, 4) is 0 Å². The lowest BCUT2D eigenvalue weighted by atomic mass is 10.1. The van der Waals surface area contributed by atoms with Gasteiger partial charge in [0.05, 0.1) is 11.8 Å². The molecule has 0 fully saturated rings. The van der Waals surface area contributed by atoms with Crippen LogP contribution >= 0.6 is 0 Å². The Morgan fingerprint density at radius 2 is 1.91 bits per heavy atom. The van der Waals surface area contributed by atoms with Gasteiger partial charge in [0.2, 0.25) is 15.9 Å². The van der Waals surface area contributed by atoms with Crippen molar-refractivity contribution < 1.29 is 13.2 Å². The predicted octanol–water partition coefficient (Wildman–Crippen LogP) is 2.32. The van der Waals surface area contributed by atoms with Gasteiger partial charge in [0, 0.05) is 20.0 Å². The molecule has 1 aromatic rings. The molecular weight excluding hydrogens is 300 g/mol. The monoisotopic (exact) mass is 326 g/mol. The Hall–Kier alpha value is -1.40. The van der Waals surface area contributed by atoms with Crippen LogP contribution in [-0.4, -0.2) is 38.1 Å². The van der Waals surface area contributed by atoms with Crippen LogP contribution in [0.3, 0.4) is 0 Å². The van der Waals surface area contributed by atoms with Gasteiger partial charge in [-0.3, -0.25) is 4.79 Å². The van der Waals surface area contributed by atoms with Gasteiger partial charge in [-0.05, 0) is 18.9 Å². The Kier molecular flexibility index (Phi) is 7.55. The minimum absolute atomic E-state index is 0.0656. The number of unbranched alkanes of at least 4 members (excludes halogenated alkanes) is 1. The van der Waals surface area contributed by atoms with Crippen LogP contribution in [0.1, 0.15) is 45.2 Å². The van der Waals surface area contributed by atoms with Crippen molar-refractivity contribution in [3.05, 3.63) is 35.9 Å². The van der Waals surface area contributed by atoms with Gasteiger partial charge in [-0.15, -0.1) is 0 Å². The third kappa shape index (κ3) is 6.15. The van der Waals surface area contributed by atoms with E-state index in [1.165, 1.54) is 6.92 Å². The van der Waals surface area contributed by atoms with Crippen molar-refractivity contribution >= 4 is 15.9 Å². The summed E-state index contributed by atoms with van der Waals surface area (Å²) in [5.41, 5.74) is 1.03. The second kappa shape index (κ2) is 8.90. The van der Waals surface area contributed by atoms with E-state index in [-0.39, 0.29) is 24.2 Å².